The van der Waals surface area contributed by atoms with Crippen molar-refractivity contribution < 1.29 is 0 Å². The first kappa shape index (κ1) is 8.96. The van der Waals surface area contributed by atoms with Gasteiger partial charge in [0, 0.05) is 18.7 Å². The molecule has 3 rings (SSSR count). The maximum atomic E-state index is 5.61. The van der Waals surface area contributed by atoms with Crippen LogP contribution < -0.4 is 5.73 Å². The van der Waals surface area contributed by atoms with Gasteiger partial charge in [-0.15, -0.1) is 0 Å². The minimum atomic E-state index is 0.495. The average molecular weight is 213 g/mol. The van der Waals surface area contributed by atoms with E-state index in [4.69, 9.17) is 5.73 Å². The summed E-state index contributed by atoms with van der Waals surface area (Å²) in [5.41, 5.74) is 9.62. The number of aromatic nitrogens is 4. The SMILES string of the molecule is Cn1cnc2cccc(-c3cc(N)n[nH]3)c21. The molecule has 0 bridgehead atoms. The number of aryl methyl sites for hydroxylation is 1. The lowest BCUT2D eigenvalue weighted by molar-refractivity contribution is 0.947. The van der Waals surface area contributed by atoms with Crippen LogP contribution in [0.3, 0.4) is 0 Å². The van der Waals surface area contributed by atoms with E-state index in [-0.39, 0.29) is 0 Å². The molecule has 1 aromatic carbocycles. The van der Waals surface area contributed by atoms with Crippen LogP contribution in [0.4, 0.5) is 5.82 Å². The molecule has 0 saturated heterocycles. The van der Waals surface area contributed by atoms with Crippen molar-refractivity contribution in [1.29, 1.82) is 0 Å². The van der Waals surface area contributed by atoms with Gasteiger partial charge in [0.15, 0.2) is 0 Å². The smallest absolute Gasteiger partial charge is 0.145 e. The molecule has 16 heavy (non-hydrogen) atoms. The Hall–Kier alpha value is -2.30. The first-order valence-electron chi connectivity index (χ1n) is 4.97. The number of nitrogens with one attached hydrogen (secondary N) is 1. The van der Waals surface area contributed by atoms with E-state index in [1.54, 1.807) is 6.33 Å². The van der Waals surface area contributed by atoms with Crippen LogP contribution in [0.2, 0.25) is 0 Å². The summed E-state index contributed by atoms with van der Waals surface area (Å²) in [6.45, 7) is 0. The van der Waals surface area contributed by atoms with Crippen LogP contribution in [-0.2, 0) is 7.05 Å². The predicted octanol–water partition coefficient (Wildman–Crippen LogP) is 1.55. The number of rotatable bonds is 1. The van der Waals surface area contributed by atoms with Crippen molar-refractivity contribution >= 4 is 16.9 Å². The van der Waals surface area contributed by atoms with E-state index < -0.39 is 0 Å². The van der Waals surface area contributed by atoms with Gasteiger partial charge in [0.25, 0.3) is 0 Å². The highest BCUT2D eigenvalue weighted by molar-refractivity contribution is 5.91. The highest BCUT2D eigenvalue weighted by Crippen LogP contribution is 2.26. The molecule has 0 aliphatic rings. The van der Waals surface area contributed by atoms with Crippen LogP contribution in [0.5, 0.6) is 0 Å². The lowest BCUT2D eigenvalue weighted by Gasteiger charge is -2.01. The first-order valence-corrected chi connectivity index (χ1v) is 4.97. The van der Waals surface area contributed by atoms with Crippen molar-refractivity contribution in [2.75, 3.05) is 5.73 Å². The van der Waals surface area contributed by atoms with Crippen molar-refractivity contribution in [3.63, 3.8) is 0 Å². The molecular formula is C11H11N5. The van der Waals surface area contributed by atoms with Gasteiger partial charge in [0.2, 0.25) is 0 Å². The summed E-state index contributed by atoms with van der Waals surface area (Å²) in [6, 6.07) is 7.80. The zero-order chi connectivity index (χ0) is 11.1. The molecule has 0 aliphatic heterocycles. The van der Waals surface area contributed by atoms with Crippen LogP contribution in [-0.4, -0.2) is 19.7 Å². The number of aromatic amines is 1. The predicted molar refractivity (Wildman–Crippen MR) is 62.7 cm³/mol. The Kier molecular flexibility index (Phi) is 1.73. The number of fused-ring (bicyclic) bond motifs is 1. The molecule has 0 radical (unpaired) electrons. The monoisotopic (exact) mass is 213 g/mol. The molecule has 0 aliphatic carbocycles. The highest BCUT2D eigenvalue weighted by Gasteiger charge is 2.09. The summed E-state index contributed by atoms with van der Waals surface area (Å²) in [5.74, 6) is 0.495. The third-order valence-corrected chi connectivity index (χ3v) is 2.63. The molecule has 0 fully saturated rings. The van der Waals surface area contributed by atoms with E-state index in [1.165, 1.54) is 0 Å². The summed E-state index contributed by atoms with van der Waals surface area (Å²) in [4.78, 5) is 4.31. The van der Waals surface area contributed by atoms with Crippen LogP contribution >= 0.6 is 0 Å². The molecule has 3 N–H and O–H groups in total. The fourth-order valence-corrected chi connectivity index (χ4v) is 1.91. The lowest BCUT2D eigenvalue weighted by Crippen LogP contribution is -1.88. The fraction of sp³-hybridized carbons (Fsp3) is 0.0909. The molecular weight excluding hydrogens is 202 g/mol. The van der Waals surface area contributed by atoms with Gasteiger partial charge < -0.3 is 10.3 Å². The van der Waals surface area contributed by atoms with Gasteiger partial charge in [0.05, 0.1) is 23.1 Å². The van der Waals surface area contributed by atoms with Crippen molar-refractivity contribution in [3.05, 3.63) is 30.6 Å². The first-order chi connectivity index (χ1) is 7.75. The fourth-order valence-electron chi connectivity index (χ4n) is 1.91. The summed E-state index contributed by atoms with van der Waals surface area (Å²) in [6.07, 6.45) is 1.80. The number of nitrogens with zero attached hydrogens (tertiary/aromatic N) is 3. The molecule has 3 aromatic rings. The normalized spacial score (nSPS) is 11.1. The van der Waals surface area contributed by atoms with Crippen molar-refractivity contribution in [1.82, 2.24) is 19.7 Å². The van der Waals surface area contributed by atoms with Gasteiger partial charge in [0.1, 0.15) is 5.82 Å². The van der Waals surface area contributed by atoms with E-state index in [0.717, 1.165) is 22.3 Å². The van der Waals surface area contributed by atoms with E-state index in [2.05, 4.69) is 15.2 Å². The van der Waals surface area contributed by atoms with Gasteiger partial charge >= 0.3 is 0 Å². The zero-order valence-corrected chi connectivity index (χ0v) is 8.81. The molecule has 80 valence electrons. The van der Waals surface area contributed by atoms with Crippen LogP contribution in [0.1, 0.15) is 0 Å². The Balaban J connectivity index is 2.34. The summed E-state index contributed by atoms with van der Waals surface area (Å²) >= 11 is 0. The van der Waals surface area contributed by atoms with E-state index >= 15 is 0 Å². The highest BCUT2D eigenvalue weighted by atomic mass is 15.2. The number of hydrogen-bond acceptors (Lipinski definition) is 3. The Labute approximate surface area is 91.9 Å². The third kappa shape index (κ3) is 1.18. The Bertz CT molecular complexity index is 649. The molecule has 0 unspecified atom stereocenters. The van der Waals surface area contributed by atoms with Gasteiger partial charge in [-0.05, 0) is 6.07 Å². The standard InChI is InChI=1S/C11H11N5/c1-16-6-13-8-4-2-3-7(11(8)16)9-5-10(12)15-14-9/h2-6H,1H3,(H3,12,14,15). The minimum absolute atomic E-state index is 0.495. The van der Waals surface area contributed by atoms with Gasteiger partial charge in [-0.25, -0.2) is 4.98 Å². The molecule has 2 heterocycles. The van der Waals surface area contributed by atoms with E-state index in [9.17, 15) is 0 Å². The van der Waals surface area contributed by atoms with E-state index in [0.29, 0.717) is 5.82 Å². The third-order valence-electron chi connectivity index (χ3n) is 2.63. The quantitative estimate of drug-likeness (QED) is 0.644. The summed E-state index contributed by atoms with van der Waals surface area (Å²) in [5, 5.41) is 6.85. The van der Waals surface area contributed by atoms with Crippen molar-refractivity contribution in [2.24, 2.45) is 7.05 Å². The number of nitrogens with two attached hydrogens (primary N) is 1. The van der Waals surface area contributed by atoms with Gasteiger partial charge in [-0.3, -0.25) is 5.10 Å². The van der Waals surface area contributed by atoms with Crippen LogP contribution in [0.15, 0.2) is 30.6 Å². The summed E-state index contributed by atoms with van der Waals surface area (Å²) < 4.78 is 1.99. The molecule has 2 aromatic heterocycles. The second-order valence-electron chi connectivity index (χ2n) is 3.74. The van der Waals surface area contributed by atoms with Gasteiger partial charge in [-0.1, -0.05) is 12.1 Å². The number of nitrogen functional groups attached to an aromatic ring is 1. The van der Waals surface area contributed by atoms with E-state index in [1.807, 2.05) is 35.9 Å². The number of anilines is 1. The Morgan fingerprint density at radius 2 is 2.25 bits per heavy atom. The summed E-state index contributed by atoms with van der Waals surface area (Å²) in [7, 11) is 1.97. The molecule has 0 atom stereocenters. The molecule has 0 amide bonds. The Morgan fingerprint density at radius 1 is 1.38 bits per heavy atom. The molecule has 0 spiro atoms. The molecule has 5 heteroatoms. The lowest BCUT2D eigenvalue weighted by atomic mass is 10.1. The number of H-pyrrole nitrogens is 1. The molecule has 0 saturated carbocycles. The number of imidazole rings is 1. The maximum Gasteiger partial charge on any atom is 0.145 e. The van der Waals surface area contributed by atoms with Crippen LogP contribution in [0.25, 0.3) is 22.3 Å². The second kappa shape index (κ2) is 3.10. The number of benzene rings is 1. The van der Waals surface area contributed by atoms with Crippen molar-refractivity contribution in [3.8, 4) is 11.3 Å². The maximum absolute atomic E-state index is 5.61. The number of hydrogen-bond donors (Lipinski definition) is 2. The Morgan fingerprint density at radius 3 is 3.00 bits per heavy atom. The molecule has 5 nitrogen and oxygen atoms in total. The topological polar surface area (TPSA) is 72.5 Å². The number of para-hydroxylation sites is 1. The minimum Gasteiger partial charge on any atom is -0.382 e. The largest absolute Gasteiger partial charge is 0.382 e. The van der Waals surface area contributed by atoms with Crippen LogP contribution in [0, 0.1) is 0 Å². The second-order valence-corrected chi connectivity index (χ2v) is 3.74. The van der Waals surface area contributed by atoms with Crippen molar-refractivity contribution in [2.45, 2.75) is 0 Å². The van der Waals surface area contributed by atoms with Gasteiger partial charge in [-0.2, -0.15) is 5.10 Å². The zero-order valence-electron chi connectivity index (χ0n) is 8.81. The average Bonchev–Trinajstić information content (AvgIpc) is 2.86.